The highest BCUT2D eigenvalue weighted by atomic mass is 16.5. The Labute approximate surface area is 228 Å². The molecular formula is C29H38NO9+. The molecule has 0 amide bonds. The average Bonchev–Trinajstić information content (AvgIpc) is 2.92. The highest BCUT2D eigenvalue weighted by Gasteiger charge is 2.40. The lowest BCUT2D eigenvalue weighted by Crippen LogP contribution is -2.52. The molecule has 0 unspecified atom stereocenters. The number of carboxylic acid groups (broad SMARTS) is 2. The summed E-state index contributed by atoms with van der Waals surface area (Å²) in [6.07, 6.45) is 2.88. The van der Waals surface area contributed by atoms with Gasteiger partial charge < -0.3 is 38.4 Å². The standard InChI is InChI=1S/C29H37NO9/c1-30(10-7-8-20(29(33)34)16-27(31)32)11-9-19-15-23(35-2)24(36-3)17-21(19)22(30)12-18-13-25(37-4)28(39-6)26(14-18)38-5/h13-17,22H,7-12H2,1-6H3,(H-,31,32,33,34)/p+1/t22-,30+/m1/s1. The first kappa shape index (κ1) is 29.6. The zero-order valence-electron chi connectivity index (χ0n) is 23.4. The second-order valence-corrected chi connectivity index (χ2v) is 9.75. The van der Waals surface area contributed by atoms with Gasteiger partial charge in [0.2, 0.25) is 5.75 Å². The number of benzene rings is 2. The fourth-order valence-corrected chi connectivity index (χ4v) is 5.43. The van der Waals surface area contributed by atoms with Crippen molar-refractivity contribution in [1.29, 1.82) is 0 Å². The minimum Gasteiger partial charge on any atom is -0.493 e. The van der Waals surface area contributed by atoms with E-state index in [-0.39, 0.29) is 18.0 Å². The van der Waals surface area contributed by atoms with Gasteiger partial charge >= 0.3 is 11.9 Å². The van der Waals surface area contributed by atoms with E-state index in [1.807, 2.05) is 24.3 Å². The molecule has 0 saturated carbocycles. The van der Waals surface area contributed by atoms with Crippen LogP contribution in [-0.2, 0) is 22.4 Å². The van der Waals surface area contributed by atoms with Crippen LogP contribution in [0.2, 0.25) is 0 Å². The molecule has 0 radical (unpaired) electrons. The molecule has 2 N–H and O–H groups in total. The summed E-state index contributed by atoms with van der Waals surface area (Å²) in [7, 11) is 10.1. The average molecular weight is 545 g/mol. The highest BCUT2D eigenvalue weighted by Crippen LogP contribution is 2.45. The van der Waals surface area contributed by atoms with Crippen LogP contribution in [0.15, 0.2) is 35.9 Å². The third kappa shape index (κ3) is 6.57. The summed E-state index contributed by atoms with van der Waals surface area (Å²) in [6.45, 7) is 1.45. The van der Waals surface area contributed by atoms with Crippen molar-refractivity contribution >= 4 is 11.9 Å². The maximum atomic E-state index is 11.6. The minimum atomic E-state index is -1.26. The van der Waals surface area contributed by atoms with Crippen molar-refractivity contribution in [2.75, 3.05) is 55.7 Å². The van der Waals surface area contributed by atoms with Gasteiger partial charge in [-0.3, -0.25) is 0 Å². The first-order chi connectivity index (χ1) is 18.6. The van der Waals surface area contributed by atoms with Gasteiger partial charge in [0, 0.05) is 36.5 Å². The fraction of sp³-hybridized carbons (Fsp3) is 0.448. The van der Waals surface area contributed by atoms with Gasteiger partial charge in [0.1, 0.15) is 6.04 Å². The van der Waals surface area contributed by atoms with E-state index in [0.29, 0.717) is 52.6 Å². The molecule has 2 aromatic carbocycles. The monoisotopic (exact) mass is 544 g/mol. The van der Waals surface area contributed by atoms with Crippen molar-refractivity contribution in [2.24, 2.45) is 0 Å². The van der Waals surface area contributed by atoms with E-state index in [1.165, 1.54) is 0 Å². The van der Waals surface area contributed by atoms with E-state index in [9.17, 15) is 14.7 Å². The molecule has 0 spiro atoms. The molecule has 0 aliphatic carbocycles. The van der Waals surface area contributed by atoms with Crippen LogP contribution in [0.3, 0.4) is 0 Å². The summed E-state index contributed by atoms with van der Waals surface area (Å²) in [5.74, 6) is 0.475. The molecule has 1 heterocycles. The first-order valence-corrected chi connectivity index (χ1v) is 12.6. The molecule has 2 atom stereocenters. The zero-order chi connectivity index (χ0) is 28.7. The normalized spacial score (nSPS) is 18.6. The number of carboxylic acids is 2. The lowest BCUT2D eigenvalue weighted by molar-refractivity contribution is -0.941. The number of carbonyl (C=O) groups is 2. The molecule has 2 aromatic rings. The molecule has 212 valence electrons. The van der Waals surface area contributed by atoms with Crippen LogP contribution in [0.1, 0.15) is 35.6 Å². The van der Waals surface area contributed by atoms with Gasteiger partial charge in [-0.05, 0) is 41.8 Å². The Balaban J connectivity index is 2.04. The number of hydrogen-bond donors (Lipinski definition) is 2. The molecule has 39 heavy (non-hydrogen) atoms. The van der Waals surface area contributed by atoms with Crippen molar-refractivity contribution in [3.05, 3.63) is 52.6 Å². The maximum Gasteiger partial charge on any atom is 0.331 e. The Hall–Kier alpha value is -3.92. The SMILES string of the molecule is COc1cc2c(cc1OC)[C@@H](Cc1cc(OC)c(OC)c(OC)c1)[N@@+](C)(CCCC(=CC(=O)O)C(=O)O)CC2. The number of hydrogen-bond acceptors (Lipinski definition) is 7. The third-order valence-electron chi connectivity index (χ3n) is 7.49. The number of likely N-dealkylation sites (N-methyl/N-ethyl adjacent to an activating group) is 1. The Kier molecular flexibility index (Phi) is 9.69. The third-order valence-corrected chi connectivity index (χ3v) is 7.49. The highest BCUT2D eigenvalue weighted by molar-refractivity contribution is 5.94. The van der Waals surface area contributed by atoms with Crippen LogP contribution in [0, 0.1) is 0 Å². The molecule has 10 nitrogen and oxygen atoms in total. The minimum absolute atomic E-state index is 0.0203. The van der Waals surface area contributed by atoms with Crippen LogP contribution < -0.4 is 23.7 Å². The number of aliphatic carboxylic acids is 2. The first-order valence-electron chi connectivity index (χ1n) is 12.6. The van der Waals surface area contributed by atoms with E-state index < -0.39 is 11.9 Å². The topological polar surface area (TPSA) is 121 Å². The van der Waals surface area contributed by atoms with Crippen LogP contribution in [0.5, 0.6) is 28.7 Å². The molecule has 1 aliphatic heterocycles. The number of nitrogens with zero attached hydrogens (tertiary/aromatic N) is 1. The summed E-state index contributed by atoms with van der Waals surface area (Å²) in [5, 5.41) is 18.5. The summed E-state index contributed by atoms with van der Waals surface area (Å²) in [5.41, 5.74) is 3.16. The van der Waals surface area contributed by atoms with Crippen molar-refractivity contribution in [2.45, 2.75) is 31.7 Å². The number of fused-ring (bicyclic) bond motifs is 1. The second kappa shape index (κ2) is 12.8. The number of ether oxygens (including phenoxy) is 5. The van der Waals surface area contributed by atoms with E-state index in [1.54, 1.807) is 35.5 Å². The van der Waals surface area contributed by atoms with Gasteiger partial charge in [0.25, 0.3) is 0 Å². The summed E-state index contributed by atoms with van der Waals surface area (Å²) in [6, 6.07) is 7.92. The molecule has 1 aliphatic rings. The van der Waals surface area contributed by atoms with Gasteiger partial charge in [-0.15, -0.1) is 0 Å². The predicted octanol–water partition coefficient (Wildman–Crippen LogP) is 3.89. The molecular weight excluding hydrogens is 506 g/mol. The van der Waals surface area contributed by atoms with E-state index >= 15 is 0 Å². The van der Waals surface area contributed by atoms with Crippen LogP contribution in [0.4, 0.5) is 0 Å². The van der Waals surface area contributed by atoms with Gasteiger partial charge in [-0.2, -0.15) is 0 Å². The molecule has 3 rings (SSSR count). The van der Waals surface area contributed by atoms with E-state index in [2.05, 4.69) is 7.05 Å². The Bertz CT molecular complexity index is 1210. The molecule has 0 fully saturated rings. The van der Waals surface area contributed by atoms with Crippen LogP contribution in [-0.4, -0.2) is 82.3 Å². The number of methoxy groups -OCH3 is 5. The molecule has 0 bridgehead atoms. The van der Waals surface area contributed by atoms with Crippen molar-refractivity contribution in [1.82, 2.24) is 0 Å². The summed E-state index contributed by atoms with van der Waals surface area (Å²) >= 11 is 0. The Morgan fingerprint density at radius 2 is 1.49 bits per heavy atom. The van der Waals surface area contributed by atoms with Crippen molar-refractivity contribution < 1.29 is 48.0 Å². The molecule has 0 aromatic heterocycles. The van der Waals surface area contributed by atoms with Crippen molar-refractivity contribution in [3.63, 3.8) is 0 Å². The van der Waals surface area contributed by atoms with Gasteiger partial charge in [-0.25, -0.2) is 9.59 Å². The largest absolute Gasteiger partial charge is 0.493 e. The lowest BCUT2D eigenvalue weighted by Gasteiger charge is -2.46. The van der Waals surface area contributed by atoms with E-state index in [4.69, 9.17) is 28.8 Å². The number of quaternary nitrogens is 1. The lowest BCUT2D eigenvalue weighted by atomic mass is 9.85. The quantitative estimate of drug-likeness (QED) is 0.286. The molecule has 0 saturated heterocycles. The van der Waals surface area contributed by atoms with Gasteiger partial charge in [0.15, 0.2) is 23.0 Å². The Morgan fingerprint density at radius 1 is 0.897 bits per heavy atom. The summed E-state index contributed by atoms with van der Waals surface area (Å²) < 4.78 is 28.5. The maximum absolute atomic E-state index is 11.6. The van der Waals surface area contributed by atoms with Crippen molar-refractivity contribution in [3.8, 4) is 28.7 Å². The summed E-state index contributed by atoms with van der Waals surface area (Å²) in [4.78, 5) is 22.7. The van der Waals surface area contributed by atoms with Gasteiger partial charge in [0.05, 0.1) is 55.7 Å². The second-order valence-electron chi connectivity index (χ2n) is 9.75. The fourth-order valence-electron chi connectivity index (χ4n) is 5.43. The number of rotatable bonds is 13. The van der Waals surface area contributed by atoms with Gasteiger partial charge in [-0.1, -0.05) is 0 Å². The predicted molar refractivity (Wildman–Crippen MR) is 144 cm³/mol. The molecule has 10 heteroatoms. The van der Waals surface area contributed by atoms with Crippen LogP contribution in [0.25, 0.3) is 0 Å². The van der Waals surface area contributed by atoms with Crippen LogP contribution >= 0.6 is 0 Å². The zero-order valence-corrected chi connectivity index (χ0v) is 23.4. The Morgan fingerprint density at radius 3 is 2.00 bits per heavy atom. The van der Waals surface area contributed by atoms with E-state index in [0.717, 1.165) is 35.7 Å². The smallest absolute Gasteiger partial charge is 0.331 e.